The third-order valence-electron chi connectivity index (χ3n) is 3.30. The summed E-state index contributed by atoms with van der Waals surface area (Å²) in [5.41, 5.74) is 3.64. The summed E-state index contributed by atoms with van der Waals surface area (Å²) in [6.45, 7) is 8.18. The Labute approximate surface area is 128 Å². The molecule has 2 aromatic rings. The number of hydrogen-bond acceptors (Lipinski definition) is 3. The molecule has 1 aromatic carbocycles. The highest BCUT2D eigenvalue weighted by atomic mass is 15.1. The maximum atomic E-state index is 4.56. The second-order valence-corrected chi connectivity index (χ2v) is 6.45. The summed E-state index contributed by atoms with van der Waals surface area (Å²) in [4.78, 5) is 6.77. The van der Waals surface area contributed by atoms with E-state index in [1.807, 2.05) is 12.3 Å². The van der Waals surface area contributed by atoms with Crippen LogP contribution in [0.1, 0.15) is 32.0 Å². The lowest BCUT2D eigenvalue weighted by Crippen LogP contribution is -2.35. The van der Waals surface area contributed by atoms with Crippen molar-refractivity contribution in [3.63, 3.8) is 0 Å². The zero-order chi connectivity index (χ0) is 15.3. The molecule has 0 bridgehead atoms. The average molecular weight is 283 g/mol. The summed E-state index contributed by atoms with van der Waals surface area (Å²) >= 11 is 0. The van der Waals surface area contributed by atoms with Gasteiger partial charge in [0.2, 0.25) is 0 Å². The molecule has 0 amide bonds. The maximum Gasteiger partial charge on any atom is 0.0598 e. The van der Waals surface area contributed by atoms with Crippen molar-refractivity contribution in [3.05, 3.63) is 59.9 Å². The van der Waals surface area contributed by atoms with Gasteiger partial charge in [-0.2, -0.15) is 0 Å². The van der Waals surface area contributed by atoms with E-state index in [0.717, 1.165) is 18.8 Å². The molecule has 0 saturated carbocycles. The smallest absolute Gasteiger partial charge is 0.0598 e. The number of nitrogens with one attached hydrogen (secondary N) is 1. The Hall–Kier alpha value is -1.87. The minimum absolute atomic E-state index is 0.131. The van der Waals surface area contributed by atoms with E-state index in [-0.39, 0.29) is 5.54 Å². The van der Waals surface area contributed by atoms with Gasteiger partial charge < -0.3 is 10.2 Å². The van der Waals surface area contributed by atoms with Crippen LogP contribution in [0.25, 0.3) is 0 Å². The van der Waals surface area contributed by atoms with Crippen molar-refractivity contribution >= 4 is 5.69 Å². The van der Waals surface area contributed by atoms with Crippen LogP contribution in [0, 0.1) is 0 Å². The Morgan fingerprint density at radius 1 is 1.05 bits per heavy atom. The first-order valence-electron chi connectivity index (χ1n) is 7.39. The van der Waals surface area contributed by atoms with E-state index in [9.17, 15) is 0 Å². The van der Waals surface area contributed by atoms with Crippen LogP contribution in [0.15, 0.2) is 48.7 Å². The van der Waals surface area contributed by atoms with Crippen molar-refractivity contribution in [2.75, 3.05) is 11.9 Å². The van der Waals surface area contributed by atoms with Gasteiger partial charge in [0.25, 0.3) is 0 Å². The number of nitrogens with zero attached hydrogens (tertiary/aromatic N) is 2. The molecule has 3 nitrogen and oxygen atoms in total. The third-order valence-corrected chi connectivity index (χ3v) is 3.30. The fourth-order valence-corrected chi connectivity index (χ4v) is 2.04. The lowest BCUT2D eigenvalue weighted by atomic mass is 10.1. The molecule has 1 N–H and O–H groups in total. The number of rotatable bonds is 5. The van der Waals surface area contributed by atoms with Crippen LogP contribution in [-0.2, 0) is 13.1 Å². The number of aromatic nitrogens is 1. The van der Waals surface area contributed by atoms with Crippen LogP contribution in [0.2, 0.25) is 0 Å². The van der Waals surface area contributed by atoms with E-state index in [2.05, 4.69) is 79.4 Å². The molecule has 0 aliphatic carbocycles. The molecule has 0 aliphatic heterocycles. The predicted molar refractivity (Wildman–Crippen MR) is 89.4 cm³/mol. The highest BCUT2D eigenvalue weighted by Crippen LogP contribution is 2.14. The van der Waals surface area contributed by atoms with E-state index < -0.39 is 0 Å². The summed E-state index contributed by atoms with van der Waals surface area (Å²) in [6, 6.07) is 14.6. The van der Waals surface area contributed by atoms with Gasteiger partial charge in [0.1, 0.15) is 0 Å². The summed E-state index contributed by atoms with van der Waals surface area (Å²) in [7, 11) is 2.09. The molecular formula is C18H25N3. The third kappa shape index (κ3) is 5.20. The SMILES string of the molecule is CN(Cc1ccc(CNC(C)(C)C)cn1)c1ccccc1. The monoisotopic (exact) mass is 283 g/mol. The molecule has 3 heteroatoms. The first-order valence-corrected chi connectivity index (χ1v) is 7.39. The van der Waals surface area contributed by atoms with E-state index in [0.29, 0.717) is 0 Å². The van der Waals surface area contributed by atoms with Gasteiger partial charge in [0.05, 0.1) is 12.2 Å². The van der Waals surface area contributed by atoms with Crippen LogP contribution < -0.4 is 10.2 Å². The molecule has 0 saturated heterocycles. The second kappa shape index (κ2) is 6.72. The second-order valence-electron chi connectivity index (χ2n) is 6.45. The minimum Gasteiger partial charge on any atom is -0.369 e. The highest BCUT2D eigenvalue weighted by molar-refractivity contribution is 5.45. The molecule has 112 valence electrons. The summed E-state index contributed by atoms with van der Waals surface area (Å²) in [6.07, 6.45) is 1.97. The molecule has 0 fully saturated rings. The number of hydrogen-bond donors (Lipinski definition) is 1. The Morgan fingerprint density at radius 3 is 2.33 bits per heavy atom. The van der Waals surface area contributed by atoms with Crippen LogP contribution in [-0.4, -0.2) is 17.6 Å². The van der Waals surface area contributed by atoms with E-state index >= 15 is 0 Å². The van der Waals surface area contributed by atoms with Gasteiger partial charge in [-0.25, -0.2) is 0 Å². The van der Waals surface area contributed by atoms with Crippen molar-refractivity contribution in [2.45, 2.75) is 39.4 Å². The van der Waals surface area contributed by atoms with Gasteiger partial charge in [-0.15, -0.1) is 0 Å². The largest absolute Gasteiger partial charge is 0.369 e. The van der Waals surface area contributed by atoms with Gasteiger partial charge >= 0.3 is 0 Å². The lowest BCUT2D eigenvalue weighted by molar-refractivity contribution is 0.424. The predicted octanol–water partition coefficient (Wildman–Crippen LogP) is 3.61. The number of anilines is 1. The highest BCUT2D eigenvalue weighted by Gasteiger charge is 2.08. The van der Waals surface area contributed by atoms with Crippen LogP contribution >= 0.6 is 0 Å². The van der Waals surface area contributed by atoms with E-state index in [1.54, 1.807) is 0 Å². The zero-order valence-corrected chi connectivity index (χ0v) is 13.4. The van der Waals surface area contributed by atoms with Crippen molar-refractivity contribution in [1.29, 1.82) is 0 Å². The van der Waals surface area contributed by atoms with Crippen LogP contribution in [0.5, 0.6) is 0 Å². The van der Waals surface area contributed by atoms with E-state index in [4.69, 9.17) is 0 Å². The summed E-state index contributed by atoms with van der Waals surface area (Å²) in [5, 5.41) is 3.47. The van der Waals surface area contributed by atoms with Gasteiger partial charge in [0, 0.05) is 31.0 Å². The fraction of sp³-hybridized carbons (Fsp3) is 0.389. The van der Waals surface area contributed by atoms with Gasteiger partial charge in [-0.3, -0.25) is 4.98 Å². The average Bonchev–Trinajstić information content (AvgIpc) is 2.46. The first-order chi connectivity index (χ1) is 9.94. The molecule has 0 atom stereocenters. The van der Waals surface area contributed by atoms with Crippen molar-refractivity contribution < 1.29 is 0 Å². The number of para-hydroxylation sites is 1. The van der Waals surface area contributed by atoms with Crippen molar-refractivity contribution in [1.82, 2.24) is 10.3 Å². The van der Waals surface area contributed by atoms with E-state index in [1.165, 1.54) is 11.3 Å². The molecule has 2 rings (SSSR count). The quantitative estimate of drug-likeness (QED) is 0.908. The normalized spacial score (nSPS) is 11.4. The fourth-order valence-electron chi connectivity index (χ4n) is 2.04. The van der Waals surface area contributed by atoms with Crippen LogP contribution in [0.4, 0.5) is 5.69 Å². The first kappa shape index (κ1) is 15.5. The van der Waals surface area contributed by atoms with Crippen molar-refractivity contribution in [2.24, 2.45) is 0 Å². The minimum atomic E-state index is 0.131. The molecule has 1 heterocycles. The Kier molecular flexibility index (Phi) is 4.97. The maximum absolute atomic E-state index is 4.56. The number of pyridine rings is 1. The summed E-state index contributed by atoms with van der Waals surface area (Å²) < 4.78 is 0. The standard InChI is InChI=1S/C18H25N3/c1-18(2,3)20-13-15-10-11-16(19-12-15)14-21(4)17-8-6-5-7-9-17/h5-12,20H,13-14H2,1-4H3. The van der Waals surface area contributed by atoms with Gasteiger partial charge in [-0.1, -0.05) is 24.3 Å². The zero-order valence-electron chi connectivity index (χ0n) is 13.4. The molecule has 0 radical (unpaired) electrons. The Balaban J connectivity index is 1.93. The topological polar surface area (TPSA) is 28.2 Å². The van der Waals surface area contributed by atoms with Gasteiger partial charge in [-0.05, 0) is 44.5 Å². The Bertz CT molecular complexity index is 541. The summed E-state index contributed by atoms with van der Waals surface area (Å²) in [5.74, 6) is 0. The Morgan fingerprint density at radius 2 is 1.76 bits per heavy atom. The number of benzene rings is 1. The van der Waals surface area contributed by atoms with Crippen LogP contribution in [0.3, 0.4) is 0 Å². The molecule has 0 aliphatic rings. The van der Waals surface area contributed by atoms with Gasteiger partial charge in [0.15, 0.2) is 0 Å². The molecule has 0 spiro atoms. The molecule has 1 aromatic heterocycles. The molecule has 0 unspecified atom stereocenters. The molecular weight excluding hydrogens is 258 g/mol. The lowest BCUT2D eigenvalue weighted by Gasteiger charge is -2.21. The molecule has 21 heavy (non-hydrogen) atoms. The van der Waals surface area contributed by atoms with Crippen molar-refractivity contribution in [3.8, 4) is 0 Å².